The summed E-state index contributed by atoms with van der Waals surface area (Å²) in [6.07, 6.45) is 1.11. The van der Waals surface area contributed by atoms with Crippen LogP contribution in [0.5, 0.6) is 5.75 Å². The van der Waals surface area contributed by atoms with Gasteiger partial charge in [0.1, 0.15) is 5.75 Å². The van der Waals surface area contributed by atoms with E-state index in [1.54, 1.807) is 0 Å². The van der Waals surface area contributed by atoms with E-state index in [1.807, 2.05) is 36.6 Å². The van der Waals surface area contributed by atoms with Gasteiger partial charge >= 0.3 is 0 Å². The fraction of sp³-hybridized carbons (Fsp3) is 0.333. The Labute approximate surface area is 140 Å². The van der Waals surface area contributed by atoms with Gasteiger partial charge in [0.15, 0.2) is 5.13 Å². The molecule has 0 saturated carbocycles. The van der Waals surface area contributed by atoms with Crippen molar-refractivity contribution in [3.8, 4) is 17.0 Å². The Hall–Kier alpha value is -1.63. The number of hydrogen-bond acceptors (Lipinski definition) is 5. The second-order valence-corrected chi connectivity index (χ2v) is 5.29. The summed E-state index contributed by atoms with van der Waals surface area (Å²) in [4.78, 5) is 16.0. The lowest BCUT2D eigenvalue weighted by molar-refractivity contribution is -0.116. The highest BCUT2D eigenvalue weighted by Gasteiger charge is 2.08. The standard InChI is InChI=1S/C15H19N3O2S.ClH/c1-2-20-12-7-5-11(6-8-12)13-10-21-15(17-13)18-14(19)4-3-9-16;/h5-8,10H,2-4,9,16H2,1H3,(H,17,18,19);1H. The predicted octanol–water partition coefficient (Wildman–Crippen LogP) is 3.31. The molecule has 0 aliphatic heterocycles. The summed E-state index contributed by atoms with van der Waals surface area (Å²) in [6, 6.07) is 7.75. The number of carbonyl (C=O) groups excluding carboxylic acids is 1. The third-order valence-corrected chi connectivity index (χ3v) is 3.58. The lowest BCUT2D eigenvalue weighted by Crippen LogP contribution is -2.13. The van der Waals surface area contributed by atoms with E-state index < -0.39 is 0 Å². The van der Waals surface area contributed by atoms with Gasteiger partial charge in [0.25, 0.3) is 0 Å². The third-order valence-electron chi connectivity index (χ3n) is 2.82. The second kappa shape index (κ2) is 9.40. The van der Waals surface area contributed by atoms with Gasteiger partial charge in [-0.15, -0.1) is 23.7 Å². The fourth-order valence-corrected chi connectivity index (χ4v) is 2.53. The quantitative estimate of drug-likeness (QED) is 0.810. The molecule has 0 unspecified atom stereocenters. The highest BCUT2D eigenvalue weighted by atomic mass is 35.5. The molecule has 0 bridgehead atoms. The molecule has 0 aliphatic carbocycles. The molecule has 0 aliphatic rings. The van der Waals surface area contributed by atoms with Gasteiger partial charge in [0.2, 0.25) is 5.91 Å². The Morgan fingerprint density at radius 3 is 2.73 bits per heavy atom. The number of aromatic nitrogens is 1. The first kappa shape index (κ1) is 18.4. The van der Waals surface area contributed by atoms with Crippen LogP contribution in [0, 0.1) is 0 Å². The van der Waals surface area contributed by atoms with Crippen LogP contribution >= 0.6 is 23.7 Å². The predicted molar refractivity (Wildman–Crippen MR) is 92.9 cm³/mol. The van der Waals surface area contributed by atoms with E-state index in [-0.39, 0.29) is 18.3 Å². The molecule has 1 aromatic carbocycles. The van der Waals surface area contributed by atoms with Crippen molar-refractivity contribution in [3.05, 3.63) is 29.6 Å². The average Bonchev–Trinajstić information content (AvgIpc) is 2.94. The maximum Gasteiger partial charge on any atom is 0.226 e. The Morgan fingerprint density at radius 2 is 2.09 bits per heavy atom. The van der Waals surface area contributed by atoms with E-state index in [2.05, 4.69) is 10.3 Å². The van der Waals surface area contributed by atoms with Gasteiger partial charge in [-0.25, -0.2) is 4.98 Å². The van der Waals surface area contributed by atoms with Crippen LogP contribution in [0.15, 0.2) is 29.6 Å². The number of carbonyl (C=O) groups is 1. The molecule has 1 aromatic heterocycles. The first-order valence-electron chi connectivity index (χ1n) is 6.91. The summed E-state index contributed by atoms with van der Waals surface area (Å²) in [5.74, 6) is 0.792. The van der Waals surface area contributed by atoms with E-state index in [4.69, 9.17) is 10.5 Å². The van der Waals surface area contributed by atoms with Crippen molar-refractivity contribution in [1.29, 1.82) is 0 Å². The molecule has 0 radical (unpaired) electrons. The van der Waals surface area contributed by atoms with Gasteiger partial charge in [-0.05, 0) is 44.2 Å². The van der Waals surface area contributed by atoms with Crippen LogP contribution in [0.2, 0.25) is 0 Å². The maximum absolute atomic E-state index is 11.6. The third kappa shape index (κ3) is 5.29. The van der Waals surface area contributed by atoms with Crippen molar-refractivity contribution in [2.24, 2.45) is 5.73 Å². The SMILES string of the molecule is CCOc1ccc(-c2csc(NC(=O)CCCN)n2)cc1.Cl. The molecule has 0 atom stereocenters. The molecule has 120 valence electrons. The minimum Gasteiger partial charge on any atom is -0.494 e. The molecular formula is C15H20ClN3O2S. The minimum atomic E-state index is -0.0481. The summed E-state index contributed by atoms with van der Waals surface area (Å²) in [7, 11) is 0. The average molecular weight is 342 g/mol. The highest BCUT2D eigenvalue weighted by Crippen LogP contribution is 2.26. The van der Waals surface area contributed by atoms with Crippen LogP contribution in [0.4, 0.5) is 5.13 Å². The number of halogens is 1. The Bertz CT molecular complexity index is 587. The van der Waals surface area contributed by atoms with Gasteiger partial charge < -0.3 is 15.8 Å². The molecule has 0 spiro atoms. The van der Waals surface area contributed by atoms with Gasteiger partial charge in [-0.3, -0.25) is 4.79 Å². The molecular weight excluding hydrogens is 322 g/mol. The van der Waals surface area contributed by atoms with Crippen molar-refractivity contribution < 1.29 is 9.53 Å². The van der Waals surface area contributed by atoms with Crippen LogP contribution < -0.4 is 15.8 Å². The largest absolute Gasteiger partial charge is 0.494 e. The van der Waals surface area contributed by atoms with E-state index in [9.17, 15) is 4.79 Å². The monoisotopic (exact) mass is 341 g/mol. The van der Waals surface area contributed by atoms with Crippen molar-refractivity contribution in [2.75, 3.05) is 18.5 Å². The van der Waals surface area contributed by atoms with Gasteiger partial charge in [0.05, 0.1) is 12.3 Å². The topological polar surface area (TPSA) is 77.2 Å². The summed E-state index contributed by atoms with van der Waals surface area (Å²) in [5.41, 5.74) is 7.22. The first-order valence-corrected chi connectivity index (χ1v) is 7.79. The lowest BCUT2D eigenvalue weighted by atomic mass is 10.2. The zero-order valence-electron chi connectivity index (χ0n) is 12.4. The van der Waals surface area contributed by atoms with Crippen LogP contribution in [0.3, 0.4) is 0 Å². The Balaban J connectivity index is 0.00000242. The van der Waals surface area contributed by atoms with Crippen molar-refractivity contribution in [3.63, 3.8) is 0 Å². The van der Waals surface area contributed by atoms with Crippen LogP contribution in [-0.2, 0) is 4.79 Å². The van der Waals surface area contributed by atoms with E-state index in [0.29, 0.717) is 31.1 Å². The summed E-state index contributed by atoms with van der Waals surface area (Å²) in [6.45, 7) is 3.12. The molecule has 1 heterocycles. The first-order chi connectivity index (χ1) is 10.2. The number of amides is 1. The van der Waals surface area contributed by atoms with Crippen LogP contribution in [-0.4, -0.2) is 24.0 Å². The second-order valence-electron chi connectivity index (χ2n) is 4.44. The summed E-state index contributed by atoms with van der Waals surface area (Å²) in [5, 5.41) is 5.32. The number of anilines is 1. The van der Waals surface area contributed by atoms with Crippen molar-refractivity contribution >= 4 is 34.8 Å². The number of hydrogen-bond donors (Lipinski definition) is 2. The van der Waals surface area contributed by atoms with Crippen molar-refractivity contribution in [2.45, 2.75) is 19.8 Å². The smallest absolute Gasteiger partial charge is 0.226 e. The number of benzene rings is 1. The van der Waals surface area contributed by atoms with Crippen LogP contribution in [0.1, 0.15) is 19.8 Å². The Morgan fingerprint density at radius 1 is 1.36 bits per heavy atom. The minimum absolute atomic E-state index is 0. The summed E-state index contributed by atoms with van der Waals surface area (Å²) >= 11 is 1.42. The molecule has 2 aromatic rings. The Kier molecular flexibility index (Phi) is 7.87. The summed E-state index contributed by atoms with van der Waals surface area (Å²) < 4.78 is 5.41. The highest BCUT2D eigenvalue weighted by molar-refractivity contribution is 7.14. The lowest BCUT2D eigenvalue weighted by Gasteiger charge is -2.03. The number of nitrogens with one attached hydrogen (secondary N) is 1. The van der Waals surface area contributed by atoms with Crippen molar-refractivity contribution in [1.82, 2.24) is 4.98 Å². The molecule has 3 N–H and O–H groups in total. The molecule has 7 heteroatoms. The number of thiazole rings is 1. The van der Waals surface area contributed by atoms with Gasteiger partial charge in [-0.1, -0.05) is 0 Å². The zero-order valence-corrected chi connectivity index (χ0v) is 14.0. The number of ether oxygens (including phenoxy) is 1. The number of rotatable bonds is 7. The number of nitrogens with zero attached hydrogens (tertiary/aromatic N) is 1. The molecule has 0 fully saturated rings. The van der Waals surface area contributed by atoms with E-state index >= 15 is 0 Å². The number of nitrogens with two attached hydrogens (primary N) is 1. The molecule has 5 nitrogen and oxygen atoms in total. The fourth-order valence-electron chi connectivity index (χ4n) is 1.80. The maximum atomic E-state index is 11.6. The van der Waals surface area contributed by atoms with E-state index in [1.165, 1.54) is 11.3 Å². The molecule has 1 amide bonds. The molecule has 0 saturated heterocycles. The normalized spacial score (nSPS) is 9.91. The van der Waals surface area contributed by atoms with Gasteiger partial charge in [-0.2, -0.15) is 0 Å². The molecule has 2 rings (SSSR count). The molecule has 22 heavy (non-hydrogen) atoms. The zero-order chi connectivity index (χ0) is 15.1. The van der Waals surface area contributed by atoms with Crippen LogP contribution in [0.25, 0.3) is 11.3 Å². The van der Waals surface area contributed by atoms with Gasteiger partial charge in [0, 0.05) is 17.4 Å². The van der Waals surface area contributed by atoms with E-state index in [0.717, 1.165) is 17.0 Å².